The van der Waals surface area contributed by atoms with Gasteiger partial charge in [-0.05, 0) is 61.2 Å². The first-order chi connectivity index (χ1) is 16.3. The van der Waals surface area contributed by atoms with Crippen LogP contribution < -0.4 is 5.32 Å². The molecule has 3 aromatic carbocycles. The maximum absolute atomic E-state index is 15.6. The minimum Gasteiger partial charge on any atom is -0.508 e. The molecule has 0 bridgehead atoms. The Morgan fingerprint density at radius 1 is 0.941 bits per heavy atom. The highest BCUT2D eigenvalue weighted by molar-refractivity contribution is 5.90. The predicted molar refractivity (Wildman–Crippen MR) is 124 cm³/mol. The van der Waals surface area contributed by atoms with Gasteiger partial charge in [0.2, 0.25) is 0 Å². The van der Waals surface area contributed by atoms with E-state index in [1.54, 1.807) is 4.57 Å². The zero-order chi connectivity index (χ0) is 23.9. The normalized spacial score (nSPS) is 14.1. The monoisotopic (exact) mass is 468 g/mol. The van der Waals surface area contributed by atoms with E-state index in [0.29, 0.717) is 11.6 Å². The lowest BCUT2D eigenvalue weighted by Gasteiger charge is -2.16. The number of hydrogen-bond acceptors (Lipinski definition) is 2. The van der Waals surface area contributed by atoms with Crippen LogP contribution in [0.4, 0.5) is 17.6 Å². The van der Waals surface area contributed by atoms with Crippen molar-refractivity contribution >= 4 is 10.9 Å². The summed E-state index contributed by atoms with van der Waals surface area (Å²) in [6.07, 6.45) is -1.28. The molecular weight excluding hydrogens is 444 g/mol. The Kier molecular flexibility index (Phi) is 5.81. The van der Waals surface area contributed by atoms with Crippen LogP contribution in [0.25, 0.3) is 22.2 Å². The lowest BCUT2D eigenvalue weighted by molar-refractivity contribution is -0.137. The fourth-order valence-corrected chi connectivity index (χ4v) is 4.37. The molecule has 1 aromatic heterocycles. The first-order valence-electron chi connectivity index (χ1n) is 11.3. The van der Waals surface area contributed by atoms with E-state index in [9.17, 15) is 18.3 Å². The van der Waals surface area contributed by atoms with Crippen LogP contribution in [0.3, 0.4) is 0 Å². The number of aromatic hydroxyl groups is 1. The number of halogens is 4. The molecule has 0 amide bonds. The van der Waals surface area contributed by atoms with E-state index in [1.165, 1.54) is 49.2 Å². The molecule has 0 saturated heterocycles. The molecule has 0 unspecified atom stereocenters. The van der Waals surface area contributed by atoms with E-state index in [2.05, 4.69) is 5.32 Å². The smallest absolute Gasteiger partial charge is 0.417 e. The Bertz CT molecular complexity index is 1320. The molecule has 4 aromatic rings. The van der Waals surface area contributed by atoms with E-state index < -0.39 is 17.6 Å². The maximum atomic E-state index is 15.6. The number of alkyl halides is 3. The van der Waals surface area contributed by atoms with E-state index in [1.807, 2.05) is 24.3 Å². The van der Waals surface area contributed by atoms with Gasteiger partial charge < -0.3 is 15.0 Å². The Morgan fingerprint density at radius 3 is 2.35 bits per heavy atom. The van der Waals surface area contributed by atoms with Crippen LogP contribution in [0.15, 0.2) is 66.7 Å². The van der Waals surface area contributed by atoms with E-state index in [4.69, 9.17) is 0 Å². The van der Waals surface area contributed by atoms with Gasteiger partial charge in [0.15, 0.2) is 5.82 Å². The lowest BCUT2D eigenvalue weighted by Crippen LogP contribution is -2.19. The summed E-state index contributed by atoms with van der Waals surface area (Å²) in [5.41, 5.74) is 1.14. The van der Waals surface area contributed by atoms with Gasteiger partial charge in [-0.25, -0.2) is 4.39 Å². The summed E-state index contributed by atoms with van der Waals surface area (Å²) in [5.74, 6) is -0.936. The maximum Gasteiger partial charge on any atom is 0.417 e. The van der Waals surface area contributed by atoms with Crippen LogP contribution in [0.1, 0.15) is 29.5 Å². The fraction of sp³-hybridized carbons (Fsp3) is 0.259. The molecule has 1 aliphatic rings. The van der Waals surface area contributed by atoms with Crippen LogP contribution in [-0.4, -0.2) is 22.3 Å². The molecule has 7 heteroatoms. The molecule has 5 rings (SSSR count). The van der Waals surface area contributed by atoms with Crippen molar-refractivity contribution < 1.29 is 22.7 Å². The third-order valence-electron chi connectivity index (χ3n) is 6.26. The van der Waals surface area contributed by atoms with E-state index in [-0.39, 0.29) is 28.9 Å². The summed E-state index contributed by atoms with van der Waals surface area (Å²) in [7, 11) is 0. The minimum atomic E-state index is -4.64. The number of nitrogens with zero attached hydrogens (tertiary/aromatic N) is 1. The molecule has 0 radical (unpaired) electrons. The first-order valence-corrected chi connectivity index (χ1v) is 11.3. The van der Waals surface area contributed by atoms with Gasteiger partial charge in [-0.3, -0.25) is 0 Å². The zero-order valence-electron chi connectivity index (χ0n) is 18.4. The molecule has 1 heterocycles. The van der Waals surface area contributed by atoms with Crippen molar-refractivity contribution in [3.8, 4) is 17.0 Å². The van der Waals surface area contributed by atoms with Crippen molar-refractivity contribution in [2.75, 3.05) is 6.54 Å². The second-order valence-corrected chi connectivity index (χ2v) is 8.79. The van der Waals surface area contributed by atoms with Crippen molar-refractivity contribution in [3.05, 3.63) is 89.2 Å². The van der Waals surface area contributed by atoms with Crippen molar-refractivity contribution in [1.29, 1.82) is 0 Å². The largest absolute Gasteiger partial charge is 0.508 e. The number of aromatic nitrogens is 1. The fourth-order valence-electron chi connectivity index (χ4n) is 4.37. The van der Waals surface area contributed by atoms with Crippen molar-refractivity contribution in [2.45, 2.75) is 38.0 Å². The van der Waals surface area contributed by atoms with Crippen molar-refractivity contribution in [3.63, 3.8) is 0 Å². The highest BCUT2D eigenvalue weighted by atomic mass is 19.4. The van der Waals surface area contributed by atoms with Gasteiger partial charge in [0.05, 0.1) is 16.8 Å². The summed E-state index contributed by atoms with van der Waals surface area (Å²) in [5, 5.41) is 13.4. The standard InChI is InChI=1S/C27H24F4N2O/c28-25-22-15-20(34)11-12-24(22)33(26(25)21-3-1-2-4-23(21)27(29,30)31)16-18-7-5-17(6-8-18)13-14-32-19-9-10-19/h1-8,11-12,15,19,32,34H,9-10,13-14,16H2. The van der Waals surface area contributed by atoms with Crippen LogP contribution >= 0.6 is 0 Å². The first kappa shape index (κ1) is 22.5. The molecule has 1 aliphatic carbocycles. The predicted octanol–water partition coefficient (Wildman–Crippen LogP) is 6.51. The van der Waals surface area contributed by atoms with Gasteiger partial charge in [0.25, 0.3) is 0 Å². The molecule has 0 spiro atoms. The summed E-state index contributed by atoms with van der Waals surface area (Å²) < 4.78 is 58.4. The van der Waals surface area contributed by atoms with Crippen molar-refractivity contribution in [1.82, 2.24) is 9.88 Å². The Morgan fingerprint density at radius 2 is 1.65 bits per heavy atom. The molecular formula is C27H24F4N2O. The van der Waals surface area contributed by atoms with Gasteiger partial charge in [0.1, 0.15) is 5.75 Å². The number of hydrogen-bond donors (Lipinski definition) is 2. The summed E-state index contributed by atoms with van der Waals surface area (Å²) in [6, 6.07) is 17.7. The number of phenols is 1. The van der Waals surface area contributed by atoms with Crippen LogP contribution in [0.5, 0.6) is 5.75 Å². The number of phenolic OH excluding ortho intramolecular Hbond substituents is 1. The molecule has 3 nitrogen and oxygen atoms in total. The van der Waals surface area contributed by atoms with Gasteiger partial charge in [0, 0.05) is 23.5 Å². The number of fused-ring (bicyclic) bond motifs is 1. The van der Waals surface area contributed by atoms with Crippen molar-refractivity contribution in [2.24, 2.45) is 0 Å². The van der Waals surface area contributed by atoms with Gasteiger partial charge in [-0.2, -0.15) is 13.2 Å². The summed E-state index contributed by atoms with van der Waals surface area (Å²) in [4.78, 5) is 0. The topological polar surface area (TPSA) is 37.2 Å². The SMILES string of the molecule is Oc1ccc2c(c1)c(F)c(-c1ccccc1C(F)(F)F)n2Cc1ccc(CCNC2CC2)cc1. The second kappa shape index (κ2) is 8.80. The molecule has 0 atom stereocenters. The Hall–Kier alpha value is -3.32. The Balaban J connectivity index is 1.54. The number of rotatable bonds is 7. The third-order valence-corrected chi connectivity index (χ3v) is 6.26. The average molecular weight is 468 g/mol. The Labute approximate surface area is 194 Å². The van der Waals surface area contributed by atoms with E-state index >= 15 is 4.39 Å². The third kappa shape index (κ3) is 4.53. The highest BCUT2D eigenvalue weighted by Crippen LogP contribution is 2.41. The number of nitrogens with one attached hydrogen (secondary N) is 1. The number of benzene rings is 3. The molecule has 176 valence electrons. The highest BCUT2D eigenvalue weighted by Gasteiger charge is 2.35. The average Bonchev–Trinajstić information content (AvgIpc) is 3.59. The van der Waals surface area contributed by atoms with Gasteiger partial charge in [-0.1, -0.05) is 42.5 Å². The summed E-state index contributed by atoms with van der Waals surface area (Å²) in [6.45, 7) is 1.09. The second-order valence-electron chi connectivity index (χ2n) is 8.79. The van der Waals surface area contributed by atoms with Gasteiger partial charge in [-0.15, -0.1) is 0 Å². The summed E-state index contributed by atoms with van der Waals surface area (Å²) >= 11 is 0. The van der Waals surface area contributed by atoms with Crippen LogP contribution in [0, 0.1) is 5.82 Å². The molecule has 1 fully saturated rings. The molecule has 2 N–H and O–H groups in total. The zero-order valence-corrected chi connectivity index (χ0v) is 18.4. The minimum absolute atomic E-state index is 0.0785. The van der Waals surface area contributed by atoms with Crippen LogP contribution in [0.2, 0.25) is 0 Å². The van der Waals surface area contributed by atoms with Crippen LogP contribution in [-0.2, 0) is 19.1 Å². The van der Waals surface area contributed by atoms with Gasteiger partial charge >= 0.3 is 6.18 Å². The molecule has 34 heavy (non-hydrogen) atoms. The quantitative estimate of drug-likeness (QED) is 0.303. The molecule has 1 saturated carbocycles. The molecule has 0 aliphatic heterocycles. The van der Waals surface area contributed by atoms with E-state index in [0.717, 1.165) is 30.2 Å². The lowest BCUT2D eigenvalue weighted by atomic mass is 10.0.